The van der Waals surface area contributed by atoms with Gasteiger partial charge in [-0.1, -0.05) is 54.2 Å². The van der Waals surface area contributed by atoms with Gasteiger partial charge in [-0.2, -0.15) is 0 Å². The predicted molar refractivity (Wildman–Crippen MR) is 112 cm³/mol. The number of rotatable bonds is 7. The molecular formula is C22H24N2O4S. The van der Waals surface area contributed by atoms with Gasteiger partial charge in [0.05, 0.1) is 18.0 Å². The van der Waals surface area contributed by atoms with E-state index in [9.17, 15) is 9.59 Å². The maximum absolute atomic E-state index is 11.7. The molecule has 2 heterocycles. The van der Waals surface area contributed by atoms with Gasteiger partial charge in [-0.3, -0.25) is 19.8 Å². The van der Waals surface area contributed by atoms with Gasteiger partial charge < -0.3 is 9.47 Å². The van der Waals surface area contributed by atoms with E-state index in [-0.39, 0.29) is 22.5 Å². The number of imide groups is 1. The van der Waals surface area contributed by atoms with E-state index in [1.54, 1.807) is 0 Å². The molecule has 2 aromatic rings. The molecule has 2 aliphatic heterocycles. The van der Waals surface area contributed by atoms with Gasteiger partial charge in [0.2, 0.25) is 5.91 Å². The molecule has 2 unspecified atom stereocenters. The number of hydrogen-bond acceptors (Lipinski definition) is 6. The van der Waals surface area contributed by atoms with Crippen LogP contribution in [0.3, 0.4) is 0 Å². The molecule has 4 rings (SSSR count). The summed E-state index contributed by atoms with van der Waals surface area (Å²) in [5.41, 5.74) is 2.23. The van der Waals surface area contributed by atoms with E-state index >= 15 is 0 Å². The Hall–Kier alpha value is -2.35. The van der Waals surface area contributed by atoms with Crippen LogP contribution in [-0.4, -0.2) is 54.1 Å². The third-order valence-electron chi connectivity index (χ3n) is 5.11. The lowest BCUT2D eigenvalue weighted by Crippen LogP contribution is -2.40. The lowest BCUT2D eigenvalue weighted by molar-refractivity contribution is -0.118. The second-order valence-electron chi connectivity index (χ2n) is 7.15. The van der Waals surface area contributed by atoms with Crippen LogP contribution in [0.15, 0.2) is 54.6 Å². The van der Waals surface area contributed by atoms with Crippen LogP contribution >= 0.6 is 11.8 Å². The molecule has 2 aromatic carbocycles. The molecule has 2 atom stereocenters. The van der Waals surface area contributed by atoms with Crippen LogP contribution in [0.4, 0.5) is 4.79 Å². The van der Waals surface area contributed by atoms with Crippen molar-refractivity contribution in [3.63, 3.8) is 0 Å². The Balaban J connectivity index is 1.22. The minimum absolute atomic E-state index is 0.113. The highest BCUT2D eigenvalue weighted by Crippen LogP contribution is 2.24. The third-order valence-corrected chi connectivity index (χ3v) is 6.09. The molecule has 0 spiro atoms. The highest BCUT2D eigenvalue weighted by molar-refractivity contribution is 8.15. The van der Waals surface area contributed by atoms with Crippen molar-refractivity contribution in [3.8, 4) is 5.75 Å². The first kappa shape index (κ1) is 19.9. The average Bonchev–Trinajstić information content (AvgIpc) is 3.07. The van der Waals surface area contributed by atoms with E-state index in [2.05, 4.69) is 22.3 Å². The number of carbonyl (C=O) groups excluding carboxylic acids is 2. The fourth-order valence-corrected chi connectivity index (χ4v) is 4.39. The van der Waals surface area contributed by atoms with Crippen molar-refractivity contribution < 1.29 is 19.1 Å². The summed E-state index contributed by atoms with van der Waals surface area (Å²) < 4.78 is 11.8. The van der Waals surface area contributed by atoms with E-state index in [0.29, 0.717) is 13.0 Å². The van der Waals surface area contributed by atoms with Crippen molar-refractivity contribution in [2.24, 2.45) is 0 Å². The Bertz CT molecular complexity index is 844. The summed E-state index contributed by atoms with van der Waals surface area (Å²) in [6.45, 7) is 3.95. The first-order chi connectivity index (χ1) is 14.2. The van der Waals surface area contributed by atoms with Crippen LogP contribution in [-0.2, 0) is 16.0 Å². The molecule has 2 aliphatic rings. The van der Waals surface area contributed by atoms with Crippen molar-refractivity contribution in [1.82, 2.24) is 10.2 Å². The fraction of sp³-hybridized carbons (Fsp3) is 0.364. The quantitative estimate of drug-likeness (QED) is 0.754. The largest absolute Gasteiger partial charge is 0.492 e. The number of amides is 2. The van der Waals surface area contributed by atoms with E-state index in [0.717, 1.165) is 49.3 Å². The number of carbonyl (C=O) groups is 2. The Morgan fingerprint density at radius 1 is 1.10 bits per heavy atom. The summed E-state index contributed by atoms with van der Waals surface area (Å²) in [5, 5.41) is 1.71. The van der Waals surface area contributed by atoms with Crippen LogP contribution in [0, 0.1) is 0 Å². The minimum atomic E-state index is -0.340. The van der Waals surface area contributed by atoms with Crippen LogP contribution in [0.1, 0.15) is 17.2 Å². The highest BCUT2D eigenvalue weighted by Gasteiger charge is 2.31. The summed E-state index contributed by atoms with van der Waals surface area (Å²) in [4.78, 5) is 25.3. The Labute approximate surface area is 174 Å². The second-order valence-corrected chi connectivity index (χ2v) is 8.33. The van der Waals surface area contributed by atoms with Gasteiger partial charge in [0.25, 0.3) is 5.24 Å². The zero-order valence-corrected chi connectivity index (χ0v) is 16.9. The van der Waals surface area contributed by atoms with Crippen molar-refractivity contribution in [1.29, 1.82) is 0 Å². The lowest BCUT2D eigenvalue weighted by atomic mass is 10.1. The summed E-state index contributed by atoms with van der Waals surface area (Å²) in [5.74, 6) is 0.598. The van der Waals surface area contributed by atoms with Crippen LogP contribution < -0.4 is 10.1 Å². The van der Waals surface area contributed by atoms with Gasteiger partial charge in [-0.25, -0.2) is 0 Å². The molecule has 6 nitrogen and oxygen atoms in total. The number of ether oxygens (including phenoxy) is 2. The molecule has 1 N–H and O–H groups in total. The monoisotopic (exact) mass is 412 g/mol. The number of nitrogens with zero attached hydrogens (tertiary/aromatic N) is 1. The topological polar surface area (TPSA) is 67.9 Å². The molecule has 29 heavy (non-hydrogen) atoms. The van der Waals surface area contributed by atoms with Gasteiger partial charge >= 0.3 is 0 Å². The third kappa shape index (κ3) is 5.38. The first-order valence-corrected chi connectivity index (χ1v) is 10.7. The van der Waals surface area contributed by atoms with E-state index in [1.807, 2.05) is 42.5 Å². The molecule has 2 fully saturated rings. The van der Waals surface area contributed by atoms with Crippen LogP contribution in [0.5, 0.6) is 5.75 Å². The molecular weight excluding hydrogens is 388 g/mol. The molecule has 0 saturated carbocycles. The maximum atomic E-state index is 11.7. The smallest absolute Gasteiger partial charge is 0.286 e. The number of nitrogens with one attached hydrogen (secondary N) is 1. The standard InChI is InChI=1S/C22H24N2O4S/c25-21-20(29-22(26)23-21)14-16-6-8-18(9-7-16)27-12-10-24-11-13-28-19(15-24)17-4-2-1-3-5-17/h1-9,19-20H,10-15H2,(H,23,25,26). The SMILES string of the molecule is O=C1NC(=O)C(Cc2ccc(OCCN3CCOC(c4ccccc4)C3)cc2)S1. The van der Waals surface area contributed by atoms with E-state index in [1.165, 1.54) is 5.56 Å². The zero-order valence-electron chi connectivity index (χ0n) is 16.1. The minimum Gasteiger partial charge on any atom is -0.492 e. The molecule has 7 heteroatoms. The van der Waals surface area contributed by atoms with E-state index in [4.69, 9.17) is 9.47 Å². The molecule has 0 aliphatic carbocycles. The van der Waals surface area contributed by atoms with Crippen molar-refractivity contribution >= 4 is 22.9 Å². The van der Waals surface area contributed by atoms with Gasteiger partial charge in [-0.15, -0.1) is 0 Å². The Morgan fingerprint density at radius 2 is 1.90 bits per heavy atom. The van der Waals surface area contributed by atoms with Crippen LogP contribution in [0.2, 0.25) is 0 Å². The highest BCUT2D eigenvalue weighted by atomic mass is 32.2. The maximum Gasteiger partial charge on any atom is 0.286 e. The molecule has 2 amide bonds. The normalized spacial score (nSPS) is 22.5. The average molecular weight is 413 g/mol. The number of benzene rings is 2. The summed E-state index contributed by atoms with van der Waals surface area (Å²) in [6.07, 6.45) is 0.652. The van der Waals surface area contributed by atoms with Crippen molar-refractivity contribution in [2.75, 3.05) is 32.8 Å². The molecule has 0 radical (unpaired) electrons. The summed E-state index contributed by atoms with van der Waals surface area (Å²) in [6, 6.07) is 18.1. The number of thioether (sulfide) groups is 1. The number of hydrogen-bond donors (Lipinski definition) is 1. The lowest BCUT2D eigenvalue weighted by Gasteiger charge is -2.33. The van der Waals surface area contributed by atoms with Crippen molar-refractivity contribution in [3.05, 3.63) is 65.7 Å². The zero-order chi connectivity index (χ0) is 20.1. The Kier molecular flexibility index (Phi) is 6.49. The number of morpholine rings is 1. The van der Waals surface area contributed by atoms with Gasteiger partial charge in [-0.05, 0) is 29.7 Å². The molecule has 0 aromatic heterocycles. The Morgan fingerprint density at radius 3 is 2.62 bits per heavy atom. The van der Waals surface area contributed by atoms with Gasteiger partial charge in [0.1, 0.15) is 12.4 Å². The predicted octanol–water partition coefficient (Wildman–Crippen LogP) is 3.03. The van der Waals surface area contributed by atoms with Crippen molar-refractivity contribution in [2.45, 2.75) is 17.8 Å². The molecule has 2 saturated heterocycles. The van der Waals surface area contributed by atoms with Gasteiger partial charge in [0, 0.05) is 19.6 Å². The molecule has 0 bridgehead atoms. The fourth-order valence-electron chi connectivity index (χ4n) is 3.53. The second kappa shape index (κ2) is 9.43. The summed E-state index contributed by atoms with van der Waals surface area (Å²) >= 11 is 1.05. The van der Waals surface area contributed by atoms with E-state index < -0.39 is 0 Å². The first-order valence-electron chi connectivity index (χ1n) is 9.79. The van der Waals surface area contributed by atoms with Crippen LogP contribution in [0.25, 0.3) is 0 Å². The summed E-state index contributed by atoms with van der Waals surface area (Å²) in [7, 11) is 0. The molecule has 152 valence electrons. The van der Waals surface area contributed by atoms with Gasteiger partial charge in [0.15, 0.2) is 0 Å².